The topological polar surface area (TPSA) is 35.5 Å². The van der Waals surface area contributed by atoms with Crippen LogP contribution in [-0.4, -0.2) is 20.0 Å². The molecule has 0 radical (unpaired) electrons. The predicted octanol–water partition coefficient (Wildman–Crippen LogP) is 3.33. The molecule has 1 rings (SSSR count). The van der Waals surface area contributed by atoms with Crippen LogP contribution >= 0.6 is 0 Å². The minimum Gasteiger partial charge on any atom is -0.493 e. The molecule has 0 amide bonds. The van der Waals surface area contributed by atoms with Crippen molar-refractivity contribution in [3.63, 3.8) is 0 Å². The van der Waals surface area contributed by atoms with E-state index in [0.717, 1.165) is 17.4 Å². The van der Waals surface area contributed by atoms with E-state index >= 15 is 0 Å². The van der Waals surface area contributed by atoms with Crippen molar-refractivity contribution in [2.24, 2.45) is 5.92 Å². The van der Waals surface area contributed by atoms with Gasteiger partial charge in [0.25, 0.3) is 0 Å². The standard InChI is InChI=1S/C15H20O3/c1-5-18-14-7-6-12(9-15(14)17-4)8-13(10-16)11(2)3/h6-11H,5H2,1-4H3. The number of rotatable bonds is 6. The Balaban J connectivity index is 3.08. The van der Waals surface area contributed by atoms with Crippen molar-refractivity contribution >= 4 is 12.4 Å². The number of hydrogen-bond acceptors (Lipinski definition) is 3. The van der Waals surface area contributed by atoms with Crippen molar-refractivity contribution in [3.8, 4) is 11.5 Å². The minimum absolute atomic E-state index is 0.208. The second-order valence-electron chi connectivity index (χ2n) is 4.26. The van der Waals surface area contributed by atoms with E-state index in [-0.39, 0.29) is 5.92 Å². The molecule has 0 saturated heterocycles. The van der Waals surface area contributed by atoms with E-state index in [1.54, 1.807) is 7.11 Å². The molecule has 0 fully saturated rings. The first-order valence-corrected chi connectivity index (χ1v) is 6.10. The average Bonchev–Trinajstić information content (AvgIpc) is 2.37. The van der Waals surface area contributed by atoms with Gasteiger partial charge in [-0.05, 0) is 42.2 Å². The highest BCUT2D eigenvalue weighted by molar-refractivity contribution is 5.82. The molecule has 0 aliphatic rings. The molecule has 0 bridgehead atoms. The van der Waals surface area contributed by atoms with Gasteiger partial charge >= 0.3 is 0 Å². The highest BCUT2D eigenvalue weighted by atomic mass is 16.5. The Hall–Kier alpha value is -1.77. The van der Waals surface area contributed by atoms with Crippen LogP contribution in [0, 0.1) is 5.92 Å². The Morgan fingerprint density at radius 1 is 1.33 bits per heavy atom. The molecule has 0 aliphatic heterocycles. The fourth-order valence-electron chi connectivity index (χ4n) is 1.58. The van der Waals surface area contributed by atoms with Crippen molar-refractivity contribution in [2.45, 2.75) is 20.8 Å². The van der Waals surface area contributed by atoms with E-state index in [0.29, 0.717) is 18.1 Å². The van der Waals surface area contributed by atoms with E-state index in [1.807, 2.05) is 45.0 Å². The molecule has 0 atom stereocenters. The van der Waals surface area contributed by atoms with Crippen molar-refractivity contribution in [3.05, 3.63) is 29.3 Å². The number of methoxy groups -OCH3 is 1. The van der Waals surface area contributed by atoms with Gasteiger partial charge in [0, 0.05) is 0 Å². The first kappa shape index (κ1) is 14.3. The van der Waals surface area contributed by atoms with Gasteiger partial charge in [-0.2, -0.15) is 0 Å². The van der Waals surface area contributed by atoms with Gasteiger partial charge in [-0.25, -0.2) is 0 Å². The van der Waals surface area contributed by atoms with E-state index in [2.05, 4.69) is 0 Å². The monoisotopic (exact) mass is 248 g/mol. The van der Waals surface area contributed by atoms with Crippen LogP contribution < -0.4 is 9.47 Å². The number of carbonyl (C=O) groups excluding carboxylic acids is 1. The first-order chi connectivity index (χ1) is 8.62. The molecule has 18 heavy (non-hydrogen) atoms. The molecule has 1 aromatic carbocycles. The Morgan fingerprint density at radius 3 is 2.56 bits per heavy atom. The molecule has 3 nitrogen and oxygen atoms in total. The molecule has 0 spiro atoms. The zero-order chi connectivity index (χ0) is 13.5. The van der Waals surface area contributed by atoms with Gasteiger partial charge in [-0.15, -0.1) is 0 Å². The highest BCUT2D eigenvalue weighted by Gasteiger charge is 2.06. The lowest BCUT2D eigenvalue weighted by molar-refractivity contribution is -0.105. The van der Waals surface area contributed by atoms with Crippen molar-refractivity contribution in [1.82, 2.24) is 0 Å². The first-order valence-electron chi connectivity index (χ1n) is 6.10. The van der Waals surface area contributed by atoms with Crippen LogP contribution in [0.3, 0.4) is 0 Å². The highest BCUT2D eigenvalue weighted by Crippen LogP contribution is 2.29. The minimum atomic E-state index is 0.208. The largest absolute Gasteiger partial charge is 0.493 e. The molecule has 0 saturated carbocycles. The summed E-state index contributed by atoms with van der Waals surface area (Å²) in [6.45, 7) is 6.51. The van der Waals surface area contributed by atoms with Crippen LogP contribution in [0.5, 0.6) is 11.5 Å². The summed E-state index contributed by atoms with van der Waals surface area (Å²) in [5, 5.41) is 0. The van der Waals surface area contributed by atoms with Crippen LogP contribution in [0.25, 0.3) is 6.08 Å². The number of ether oxygens (including phenoxy) is 2. The summed E-state index contributed by atoms with van der Waals surface area (Å²) < 4.78 is 10.7. The fourth-order valence-corrected chi connectivity index (χ4v) is 1.58. The van der Waals surface area contributed by atoms with Crippen LogP contribution in [0.4, 0.5) is 0 Å². The van der Waals surface area contributed by atoms with Crippen LogP contribution in [-0.2, 0) is 4.79 Å². The molecular formula is C15H20O3. The van der Waals surface area contributed by atoms with Crippen LogP contribution in [0.1, 0.15) is 26.3 Å². The summed E-state index contributed by atoms with van der Waals surface area (Å²) in [7, 11) is 1.61. The van der Waals surface area contributed by atoms with Gasteiger partial charge in [0.15, 0.2) is 11.5 Å². The van der Waals surface area contributed by atoms with Crippen molar-refractivity contribution in [1.29, 1.82) is 0 Å². The molecule has 0 unspecified atom stereocenters. The third-order valence-corrected chi connectivity index (χ3v) is 2.62. The maximum atomic E-state index is 11.0. The van der Waals surface area contributed by atoms with E-state index in [9.17, 15) is 4.79 Å². The molecule has 1 aromatic rings. The summed E-state index contributed by atoms with van der Waals surface area (Å²) in [5.74, 6) is 1.61. The summed E-state index contributed by atoms with van der Waals surface area (Å²) in [5.41, 5.74) is 1.70. The summed E-state index contributed by atoms with van der Waals surface area (Å²) in [4.78, 5) is 11.0. The lowest BCUT2D eigenvalue weighted by atomic mass is 10.0. The van der Waals surface area contributed by atoms with Gasteiger partial charge in [0.05, 0.1) is 13.7 Å². The van der Waals surface area contributed by atoms with Crippen molar-refractivity contribution < 1.29 is 14.3 Å². The Kier molecular flexibility index (Phi) is 5.43. The second kappa shape index (κ2) is 6.84. The number of benzene rings is 1. The third-order valence-electron chi connectivity index (χ3n) is 2.62. The normalized spacial score (nSPS) is 11.5. The smallest absolute Gasteiger partial charge is 0.161 e. The van der Waals surface area contributed by atoms with Crippen LogP contribution in [0.2, 0.25) is 0 Å². The average molecular weight is 248 g/mol. The van der Waals surface area contributed by atoms with E-state index < -0.39 is 0 Å². The molecule has 0 aliphatic carbocycles. The quantitative estimate of drug-likeness (QED) is 0.572. The summed E-state index contributed by atoms with van der Waals surface area (Å²) >= 11 is 0. The molecule has 0 aromatic heterocycles. The van der Waals surface area contributed by atoms with E-state index in [4.69, 9.17) is 9.47 Å². The van der Waals surface area contributed by atoms with Gasteiger partial charge in [-0.1, -0.05) is 19.9 Å². The molecular weight excluding hydrogens is 228 g/mol. The van der Waals surface area contributed by atoms with E-state index in [1.165, 1.54) is 0 Å². The molecule has 3 heteroatoms. The van der Waals surface area contributed by atoms with Gasteiger partial charge in [-0.3, -0.25) is 4.79 Å². The molecule has 98 valence electrons. The molecule has 0 heterocycles. The van der Waals surface area contributed by atoms with Crippen LogP contribution in [0.15, 0.2) is 23.8 Å². The Bertz CT molecular complexity index is 433. The van der Waals surface area contributed by atoms with Gasteiger partial charge < -0.3 is 9.47 Å². The van der Waals surface area contributed by atoms with Gasteiger partial charge in [0.1, 0.15) is 6.29 Å². The summed E-state index contributed by atoms with van der Waals surface area (Å²) in [6, 6.07) is 5.65. The maximum Gasteiger partial charge on any atom is 0.161 e. The number of allylic oxidation sites excluding steroid dienone is 1. The Morgan fingerprint density at radius 2 is 2.06 bits per heavy atom. The zero-order valence-corrected chi connectivity index (χ0v) is 11.4. The summed E-state index contributed by atoms with van der Waals surface area (Å²) in [6.07, 6.45) is 2.77. The third kappa shape index (κ3) is 3.62. The number of aldehydes is 1. The molecule has 0 N–H and O–H groups in total. The lowest BCUT2D eigenvalue weighted by Gasteiger charge is -2.10. The maximum absolute atomic E-state index is 11.0. The fraction of sp³-hybridized carbons (Fsp3) is 0.400. The van der Waals surface area contributed by atoms with Gasteiger partial charge in [0.2, 0.25) is 0 Å². The predicted molar refractivity (Wildman–Crippen MR) is 73.0 cm³/mol. The number of carbonyl (C=O) groups is 1. The zero-order valence-electron chi connectivity index (χ0n) is 11.4. The lowest BCUT2D eigenvalue weighted by Crippen LogP contribution is -1.97. The van der Waals surface area contributed by atoms with Crippen molar-refractivity contribution in [2.75, 3.05) is 13.7 Å². The second-order valence-corrected chi connectivity index (χ2v) is 4.26. The number of hydrogen-bond donors (Lipinski definition) is 0. The Labute approximate surface area is 108 Å². The SMILES string of the molecule is CCOc1ccc(C=C(C=O)C(C)C)cc1OC.